The van der Waals surface area contributed by atoms with E-state index in [0.717, 1.165) is 43.9 Å². The first kappa shape index (κ1) is 20.5. The summed E-state index contributed by atoms with van der Waals surface area (Å²) >= 11 is 5.95. The Bertz CT molecular complexity index is 982. The molecule has 0 radical (unpaired) electrons. The third-order valence-electron chi connectivity index (χ3n) is 5.39. The van der Waals surface area contributed by atoms with Gasteiger partial charge >= 0.3 is 0 Å². The van der Waals surface area contributed by atoms with Crippen LogP contribution in [0.2, 0.25) is 5.02 Å². The number of halogens is 1. The molecule has 2 heterocycles. The van der Waals surface area contributed by atoms with Gasteiger partial charge in [0.25, 0.3) is 5.91 Å². The summed E-state index contributed by atoms with van der Waals surface area (Å²) < 4.78 is 11.1. The molecule has 0 bridgehead atoms. The number of carbonyl (C=O) groups excluding carboxylic acids is 1. The summed E-state index contributed by atoms with van der Waals surface area (Å²) in [7, 11) is 1.67. The molecule has 0 unspecified atom stereocenters. The van der Waals surface area contributed by atoms with Crippen LogP contribution in [-0.2, 0) is 6.54 Å². The molecule has 5 nitrogen and oxygen atoms in total. The predicted octanol–water partition coefficient (Wildman–Crippen LogP) is 4.96. The topological polar surface area (TPSA) is 45.9 Å². The van der Waals surface area contributed by atoms with E-state index < -0.39 is 0 Å². The van der Waals surface area contributed by atoms with Crippen LogP contribution in [0.5, 0.6) is 5.75 Å². The standard InChI is InChI=1S/C24H25ClN2O3/c1-29-21-9-3-18(4-10-21)17-26-13-2-14-27(16-15-26)24(28)23-12-11-22(30-23)19-5-7-20(25)8-6-19/h3-12H,2,13-17H2,1H3. The number of furan rings is 1. The summed E-state index contributed by atoms with van der Waals surface area (Å²) in [6, 6.07) is 19.1. The number of rotatable bonds is 5. The molecule has 0 N–H and O–H groups in total. The number of benzene rings is 2. The fourth-order valence-electron chi connectivity index (χ4n) is 3.70. The number of carbonyl (C=O) groups is 1. The van der Waals surface area contributed by atoms with Gasteiger partial charge in [-0.05, 0) is 60.5 Å². The summed E-state index contributed by atoms with van der Waals surface area (Å²) in [6.07, 6.45) is 0.937. The molecule has 0 saturated carbocycles. The second-order valence-corrected chi connectivity index (χ2v) is 7.88. The summed E-state index contributed by atoms with van der Waals surface area (Å²) in [5, 5.41) is 0.672. The van der Waals surface area contributed by atoms with Gasteiger partial charge in [0, 0.05) is 43.3 Å². The highest BCUT2D eigenvalue weighted by atomic mass is 35.5. The van der Waals surface area contributed by atoms with Gasteiger partial charge in [-0.1, -0.05) is 23.7 Å². The summed E-state index contributed by atoms with van der Waals surface area (Å²) in [5.74, 6) is 1.86. The van der Waals surface area contributed by atoms with E-state index in [-0.39, 0.29) is 5.91 Å². The van der Waals surface area contributed by atoms with Crippen molar-refractivity contribution in [3.05, 3.63) is 77.0 Å². The van der Waals surface area contributed by atoms with Crippen molar-refractivity contribution in [2.75, 3.05) is 33.3 Å². The molecular weight excluding hydrogens is 400 g/mol. The Morgan fingerprint density at radius 2 is 1.73 bits per heavy atom. The lowest BCUT2D eigenvalue weighted by Crippen LogP contribution is -2.34. The first-order chi connectivity index (χ1) is 14.6. The zero-order valence-corrected chi connectivity index (χ0v) is 17.8. The Labute approximate surface area is 181 Å². The molecule has 1 fully saturated rings. The Kier molecular flexibility index (Phi) is 6.41. The zero-order valence-electron chi connectivity index (χ0n) is 17.0. The van der Waals surface area contributed by atoms with E-state index in [4.69, 9.17) is 20.8 Å². The molecule has 1 saturated heterocycles. The maximum absolute atomic E-state index is 13.0. The lowest BCUT2D eigenvalue weighted by Gasteiger charge is -2.21. The Morgan fingerprint density at radius 1 is 0.967 bits per heavy atom. The van der Waals surface area contributed by atoms with E-state index in [2.05, 4.69) is 17.0 Å². The van der Waals surface area contributed by atoms with Crippen LogP contribution < -0.4 is 4.74 Å². The summed E-state index contributed by atoms with van der Waals surface area (Å²) in [5.41, 5.74) is 2.15. The van der Waals surface area contributed by atoms with Crippen LogP contribution in [0.25, 0.3) is 11.3 Å². The molecule has 1 aliphatic heterocycles. The quantitative estimate of drug-likeness (QED) is 0.581. The van der Waals surface area contributed by atoms with Crippen LogP contribution in [0.3, 0.4) is 0 Å². The van der Waals surface area contributed by atoms with Crippen molar-refractivity contribution in [1.29, 1.82) is 0 Å². The minimum Gasteiger partial charge on any atom is -0.497 e. The highest BCUT2D eigenvalue weighted by molar-refractivity contribution is 6.30. The van der Waals surface area contributed by atoms with E-state index in [0.29, 0.717) is 23.1 Å². The molecule has 156 valence electrons. The normalized spacial score (nSPS) is 15.1. The zero-order chi connectivity index (χ0) is 20.9. The largest absolute Gasteiger partial charge is 0.497 e. The van der Waals surface area contributed by atoms with Gasteiger partial charge in [-0.25, -0.2) is 0 Å². The molecule has 6 heteroatoms. The van der Waals surface area contributed by atoms with Crippen LogP contribution in [-0.4, -0.2) is 49.0 Å². The van der Waals surface area contributed by atoms with Crippen LogP contribution in [0, 0.1) is 0 Å². The fourth-order valence-corrected chi connectivity index (χ4v) is 3.83. The van der Waals surface area contributed by atoms with Gasteiger partial charge in [0.05, 0.1) is 7.11 Å². The third-order valence-corrected chi connectivity index (χ3v) is 5.64. The number of amides is 1. The van der Waals surface area contributed by atoms with E-state index in [9.17, 15) is 4.79 Å². The van der Waals surface area contributed by atoms with Gasteiger partial charge < -0.3 is 14.1 Å². The first-order valence-electron chi connectivity index (χ1n) is 10.1. The van der Waals surface area contributed by atoms with Gasteiger partial charge in [-0.2, -0.15) is 0 Å². The van der Waals surface area contributed by atoms with Crippen LogP contribution in [0.1, 0.15) is 22.5 Å². The number of hydrogen-bond acceptors (Lipinski definition) is 4. The van der Waals surface area contributed by atoms with E-state index in [1.807, 2.05) is 47.4 Å². The lowest BCUT2D eigenvalue weighted by molar-refractivity contribution is 0.0730. The Morgan fingerprint density at radius 3 is 2.47 bits per heavy atom. The van der Waals surface area contributed by atoms with Crippen molar-refractivity contribution < 1.29 is 13.9 Å². The monoisotopic (exact) mass is 424 g/mol. The van der Waals surface area contributed by atoms with Crippen molar-refractivity contribution in [3.63, 3.8) is 0 Å². The number of ether oxygens (including phenoxy) is 1. The maximum atomic E-state index is 13.0. The van der Waals surface area contributed by atoms with Crippen LogP contribution in [0.4, 0.5) is 0 Å². The average molecular weight is 425 g/mol. The van der Waals surface area contributed by atoms with Gasteiger partial charge in [0.2, 0.25) is 0 Å². The van der Waals surface area contributed by atoms with Crippen molar-refractivity contribution >= 4 is 17.5 Å². The van der Waals surface area contributed by atoms with Crippen LogP contribution >= 0.6 is 11.6 Å². The lowest BCUT2D eigenvalue weighted by atomic mass is 10.2. The minimum atomic E-state index is -0.0542. The third kappa shape index (κ3) is 4.86. The Hall–Kier alpha value is -2.76. The first-order valence-corrected chi connectivity index (χ1v) is 10.5. The second kappa shape index (κ2) is 9.37. The molecule has 1 aliphatic rings. The molecule has 1 amide bonds. The minimum absolute atomic E-state index is 0.0542. The van der Waals surface area contributed by atoms with E-state index in [1.165, 1.54) is 5.56 Å². The SMILES string of the molecule is COc1ccc(CN2CCCN(C(=O)c3ccc(-c4ccc(Cl)cc4)o3)CC2)cc1. The highest BCUT2D eigenvalue weighted by Crippen LogP contribution is 2.25. The molecule has 0 aliphatic carbocycles. The van der Waals surface area contributed by atoms with E-state index >= 15 is 0 Å². The summed E-state index contributed by atoms with van der Waals surface area (Å²) in [4.78, 5) is 17.2. The predicted molar refractivity (Wildman–Crippen MR) is 118 cm³/mol. The van der Waals surface area contributed by atoms with Crippen molar-refractivity contribution in [2.24, 2.45) is 0 Å². The maximum Gasteiger partial charge on any atom is 0.289 e. The summed E-state index contributed by atoms with van der Waals surface area (Å²) in [6.45, 7) is 4.08. The van der Waals surface area contributed by atoms with Gasteiger partial charge in [0.1, 0.15) is 11.5 Å². The number of methoxy groups -OCH3 is 1. The fraction of sp³-hybridized carbons (Fsp3) is 0.292. The molecule has 0 spiro atoms. The van der Waals surface area contributed by atoms with Crippen molar-refractivity contribution in [3.8, 4) is 17.1 Å². The number of hydrogen-bond donors (Lipinski definition) is 0. The second-order valence-electron chi connectivity index (χ2n) is 7.44. The van der Waals surface area contributed by atoms with Gasteiger partial charge in [-0.15, -0.1) is 0 Å². The van der Waals surface area contributed by atoms with Gasteiger partial charge in [0.15, 0.2) is 5.76 Å². The molecule has 1 aromatic heterocycles. The number of nitrogens with zero attached hydrogens (tertiary/aromatic N) is 2. The Balaban J connectivity index is 1.37. The highest BCUT2D eigenvalue weighted by Gasteiger charge is 2.23. The average Bonchev–Trinajstić information content (AvgIpc) is 3.15. The van der Waals surface area contributed by atoms with Crippen LogP contribution in [0.15, 0.2) is 65.1 Å². The van der Waals surface area contributed by atoms with Crippen molar-refractivity contribution in [1.82, 2.24) is 9.80 Å². The molecule has 2 aromatic carbocycles. The smallest absolute Gasteiger partial charge is 0.289 e. The molecule has 4 rings (SSSR count). The molecular formula is C24H25ClN2O3. The molecule has 0 atom stereocenters. The molecule has 30 heavy (non-hydrogen) atoms. The van der Waals surface area contributed by atoms with E-state index in [1.54, 1.807) is 13.2 Å². The van der Waals surface area contributed by atoms with Crippen molar-refractivity contribution in [2.45, 2.75) is 13.0 Å². The molecule has 3 aromatic rings. The van der Waals surface area contributed by atoms with Gasteiger partial charge in [-0.3, -0.25) is 9.69 Å².